The highest BCUT2D eigenvalue weighted by atomic mass is 16.5. The first kappa shape index (κ1) is 28.0. The molecule has 0 aromatic carbocycles. The molecule has 4 rings (SSSR count). The van der Waals surface area contributed by atoms with E-state index in [1.165, 1.54) is 45.6 Å². The molecule has 4 saturated carbocycles. The van der Waals surface area contributed by atoms with Gasteiger partial charge in [0.05, 0.1) is 7.11 Å². The van der Waals surface area contributed by atoms with E-state index in [9.17, 15) is 9.59 Å². The van der Waals surface area contributed by atoms with Gasteiger partial charge in [-0.15, -0.1) is 0 Å². The van der Waals surface area contributed by atoms with Crippen LogP contribution in [-0.4, -0.2) is 63.0 Å². The second kappa shape index (κ2) is 11.8. The molecule has 6 heteroatoms. The Morgan fingerprint density at radius 3 is 2.58 bits per heavy atom. The number of hydrogen-bond donors (Lipinski definition) is 2. The van der Waals surface area contributed by atoms with Gasteiger partial charge in [-0.2, -0.15) is 0 Å². The van der Waals surface area contributed by atoms with E-state index in [2.05, 4.69) is 31.1 Å². The van der Waals surface area contributed by atoms with E-state index in [0.717, 1.165) is 58.3 Å². The number of fused-ring (bicyclic) bond motifs is 5. The molecule has 0 amide bonds. The largest absolute Gasteiger partial charge is 0.469 e. The Morgan fingerprint density at radius 1 is 1.08 bits per heavy atom. The van der Waals surface area contributed by atoms with Crippen LogP contribution in [0.15, 0.2) is 0 Å². The molecule has 0 saturated heterocycles. The van der Waals surface area contributed by atoms with Crippen LogP contribution < -0.4 is 11.1 Å². The Hall–Kier alpha value is -0.980. The maximum atomic E-state index is 13.8. The maximum Gasteiger partial charge on any atom is 0.305 e. The highest BCUT2D eigenvalue weighted by molar-refractivity contribution is 5.83. The van der Waals surface area contributed by atoms with Crippen molar-refractivity contribution in [2.75, 3.05) is 40.3 Å². The minimum absolute atomic E-state index is 0.0939. The number of esters is 1. The smallest absolute Gasteiger partial charge is 0.305 e. The van der Waals surface area contributed by atoms with Gasteiger partial charge in [-0.25, -0.2) is 0 Å². The molecule has 36 heavy (non-hydrogen) atoms. The SMILES string of the molecule is COC(=O)CCC[C@H]1CCC2C3C(=O)CC4C[C@@H](NCCN(C)CCCN)CC[C@]4(C)C3CC[C@@]21C. The number of likely N-dealkylation sites (N-methyl/N-ethyl adjacent to an activating group) is 1. The van der Waals surface area contributed by atoms with Gasteiger partial charge in [0.15, 0.2) is 0 Å². The molecule has 4 unspecified atom stereocenters. The number of nitrogens with one attached hydrogen (secondary N) is 1. The van der Waals surface area contributed by atoms with Crippen LogP contribution in [0, 0.1) is 40.4 Å². The fourth-order valence-electron chi connectivity index (χ4n) is 9.23. The van der Waals surface area contributed by atoms with Gasteiger partial charge in [-0.1, -0.05) is 13.8 Å². The fourth-order valence-corrected chi connectivity index (χ4v) is 9.23. The standard InChI is InChI=1S/C30H53N3O3/c1-29-14-12-25-28(24(29)10-9-21(29)7-5-8-27(35)36-4)26(34)20-22-19-23(11-13-30(22,25)2)32-16-18-33(3)17-6-15-31/h21-25,28,32H,5-20,31H2,1-4H3/t21-,22?,23-,24?,25?,28?,29+,30-/m0/s1. The van der Waals surface area contributed by atoms with E-state index in [4.69, 9.17) is 10.5 Å². The Bertz CT molecular complexity index is 775. The molecule has 4 aliphatic carbocycles. The van der Waals surface area contributed by atoms with Gasteiger partial charge < -0.3 is 20.7 Å². The summed E-state index contributed by atoms with van der Waals surface area (Å²) in [6.45, 7) is 8.93. The molecule has 0 aromatic rings. The summed E-state index contributed by atoms with van der Waals surface area (Å²) in [4.78, 5) is 27.8. The van der Waals surface area contributed by atoms with Crippen LogP contribution in [0.1, 0.15) is 90.9 Å². The molecule has 4 aliphatic rings. The third kappa shape index (κ3) is 5.56. The maximum absolute atomic E-state index is 13.8. The van der Waals surface area contributed by atoms with Crippen molar-refractivity contribution in [3.05, 3.63) is 0 Å². The van der Waals surface area contributed by atoms with Crippen LogP contribution in [0.25, 0.3) is 0 Å². The van der Waals surface area contributed by atoms with Crippen molar-refractivity contribution >= 4 is 11.8 Å². The zero-order valence-electron chi connectivity index (χ0n) is 23.5. The molecular weight excluding hydrogens is 450 g/mol. The number of carbonyl (C=O) groups is 2. The van der Waals surface area contributed by atoms with Crippen molar-refractivity contribution in [2.45, 2.75) is 96.9 Å². The summed E-state index contributed by atoms with van der Waals surface area (Å²) in [5.74, 6) is 3.06. The summed E-state index contributed by atoms with van der Waals surface area (Å²) in [6, 6.07) is 0.551. The van der Waals surface area contributed by atoms with Crippen LogP contribution in [0.2, 0.25) is 0 Å². The lowest BCUT2D eigenvalue weighted by atomic mass is 9.44. The molecule has 8 atom stereocenters. The monoisotopic (exact) mass is 503 g/mol. The Balaban J connectivity index is 1.35. The van der Waals surface area contributed by atoms with Gasteiger partial charge in [0.1, 0.15) is 5.78 Å². The summed E-state index contributed by atoms with van der Waals surface area (Å²) >= 11 is 0. The molecular formula is C30H53N3O3. The lowest BCUT2D eigenvalue weighted by molar-refractivity contribution is -0.156. The van der Waals surface area contributed by atoms with Gasteiger partial charge in [-0.3, -0.25) is 9.59 Å². The minimum Gasteiger partial charge on any atom is -0.469 e. The molecule has 206 valence electrons. The zero-order chi connectivity index (χ0) is 25.9. The van der Waals surface area contributed by atoms with Crippen molar-refractivity contribution < 1.29 is 14.3 Å². The van der Waals surface area contributed by atoms with Crippen LogP contribution in [-0.2, 0) is 14.3 Å². The lowest BCUT2D eigenvalue weighted by Crippen LogP contribution is -2.58. The van der Waals surface area contributed by atoms with E-state index in [1.54, 1.807) is 0 Å². The third-order valence-corrected chi connectivity index (χ3v) is 11.5. The number of ketones is 1. The molecule has 0 aliphatic heterocycles. The first-order valence-electron chi connectivity index (χ1n) is 14.9. The van der Waals surface area contributed by atoms with Crippen LogP contribution in [0.4, 0.5) is 0 Å². The topological polar surface area (TPSA) is 84.7 Å². The number of hydrogen-bond acceptors (Lipinski definition) is 6. The van der Waals surface area contributed by atoms with Crippen LogP contribution >= 0.6 is 0 Å². The second-order valence-electron chi connectivity index (χ2n) is 13.3. The Kier molecular flexibility index (Phi) is 9.21. The molecule has 0 spiro atoms. The van der Waals surface area contributed by atoms with Crippen molar-refractivity contribution in [3.8, 4) is 0 Å². The summed E-state index contributed by atoms with van der Waals surface area (Å²) < 4.78 is 4.85. The number of carbonyl (C=O) groups excluding carboxylic acids is 2. The zero-order valence-corrected chi connectivity index (χ0v) is 23.5. The molecule has 0 heterocycles. The summed E-state index contributed by atoms with van der Waals surface area (Å²) in [5, 5.41) is 3.83. The number of methoxy groups -OCH3 is 1. The minimum atomic E-state index is -0.0939. The van der Waals surface area contributed by atoms with Crippen LogP contribution in [0.3, 0.4) is 0 Å². The fraction of sp³-hybridized carbons (Fsp3) is 0.933. The van der Waals surface area contributed by atoms with Gasteiger partial charge in [-0.05, 0) is 119 Å². The summed E-state index contributed by atoms with van der Waals surface area (Å²) in [5.41, 5.74) is 6.23. The van der Waals surface area contributed by atoms with E-state index < -0.39 is 0 Å². The predicted molar refractivity (Wildman–Crippen MR) is 144 cm³/mol. The lowest BCUT2D eigenvalue weighted by Gasteiger charge is -2.60. The summed E-state index contributed by atoms with van der Waals surface area (Å²) in [7, 11) is 3.66. The number of nitrogens with zero attached hydrogens (tertiary/aromatic N) is 1. The number of ether oxygens (including phenoxy) is 1. The molecule has 3 N–H and O–H groups in total. The average molecular weight is 504 g/mol. The number of rotatable bonds is 11. The molecule has 6 nitrogen and oxygen atoms in total. The average Bonchev–Trinajstić information content (AvgIpc) is 3.19. The molecule has 0 bridgehead atoms. The third-order valence-electron chi connectivity index (χ3n) is 11.5. The number of nitrogens with two attached hydrogens (primary N) is 1. The highest BCUT2D eigenvalue weighted by Crippen LogP contribution is 2.67. The van der Waals surface area contributed by atoms with Gasteiger partial charge in [0.2, 0.25) is 0 Å². The van der Waals surface area contributed by atoms with E-state index in [-0.39, 0.29) is 17.3 Å². The number of Topliss-reactive ketones (excluding diaryl/α,β-unsaturated/α-hetero) is 1. The van der Waals surface area contributed by atoms with Crippen molar-refractivity contribution in [3.63, 3.8) is 0 Å². The van der Waals surface area contributed by atoms with Gasteiger partial charge in [0.25, 0.3) is 0 Å². The molecule has 0 aromatic heterocycles. The predicted octanol–water partition coefficient (Wildman–Crippen LogP) is 4.41. The molecule has 4 fully saturated rings. The van der Waals surface area contributed by atoms with E-state index in [1.807, 2.05) is 0 Å². The quantitative estimate of drug-likeness (QED) is 0.407. The first-order valence-corrected chi connectivity index (χ1v) is 14.9. The van der Waals surface area contributed by atoms with Gasteiger partial charge in [0, 0.05) is 37.9 Å². The van der Waals surface area contributed by atoms with Crippen molar-refractivity contribution in [1.29, 1.82) is 0 Å². The first-order chi connectivity index (χ1) is 17.2. The van der Waals surface area contributed by atoms with Gasteiger partial charge >= 0.3 is 5.97 Å². The van der Waals surface area contributed by atoms with E-state index >= 15 is 0 Å². The van der Waals surface area contributed by atoms with E-state index in [0.29, 0.717) is 47.3 Å². The molecule has 0 radical (unpaired) electrons. The van der Waals surface area contributed by atoms with Crippen molar-refractivity contribution in [2.24, 2.45) is 46.2 Å². The summed E-state index contributed by atoms with van der Waals surface area (Å²) in [6.07, 6.45) is 13.0. The Labute approximate surface area is 219 Å². The van der Waals surface area contributed by atoms with Crippen molar-refractivity contribution in [1.82, 2.24) is 10.2 Å². The normalized spacial score (nSPS) is 40.0. The second-order valence-corrected chi connectivity index (χ2v) is 13.3. The Morgan fingerprint density at radius 2 is 1.83 bits per heavy atom. The highest BCUT2D eigenvalue weighted by Gasteiger charge is 2.62. The van der Waals surface area contributed by atoms with Crippen LogP contribution in [0.5, 0.6) is 0 Å².